The van der Waals surface area contributed by atoms with Crippen molar-refractivity contribution >= 4 is 23.2 Å². The van der Waals surface area contributed by atoms with E-state index in [1.54, 1.807) is 4.90 Å². The Morgan fingerprint density at radius 3 is 2.38 bits per heavy atom. The van der Waals surface area contributed by atoms with Crippen molar-refractivity contribution in [1.29, 1.82) is 0 Å². The summed E-state index contributed by atoms with van der Waals surface area (Å²) in [5.74, 6) is -0.0953. The van der Waals surface area contributed by atoms with Crippen molar-refractivity contribution in [2.45, 2.75) is 39.2 Å². The van der Waals surface area contributed by atoms with Gasteiger partial charge in [-0.15, -0.1) is 0 Å². The fourth-order valence-corrected chi connectivity index (χ4v) is 4.06. The number of amides is 2. The minimum atomic E-state index is -0.891. The molecule has 0 radical (unpaired) electrons. The van der Waals surface area contributed by atoms with E-state index in [1.807, 2.05) is 60.4 Å². The first kappa shape index (κ1) is 16.8. The second-order valence-corrected chi connectivity index (χ2v) is 7.32. The highest BCUT2D eigenvalue weighted by atomic mass is 16.2. The molecule has 134 valence electrons. The van der Waals surface area contributed by atoms with E-state index in [1.165, 1.54) is 5.56 Å². The molecule has 26 heavy (non-hydrogen) atoms. The van der Waals surface area contributed by atoms with Crippen LogP contribution in [0.4, 0.5) is 11.4 Å². The highest BCUT2D eigenvalue weighted by Gasteiger charge is 2.60. The summed E-state index contributed by atoms with van der Waals surface area (Å²) in [6.45, 7) is 4.58. The van der Waals surface area contributed by atoms with Crippen LogP contribution in [0.15, 0.2) is 54.6 Å². The summed E-state index contributed by atoms with van der Waals surface area (Å²) in [4.78, 5) is 30.4. The molecule has 4 rings (SSSR count). The molecule has 1 atom stereocenters. The number of hydrogen-bond acceptors (Lipinski definition) is 2. The molecule has 4 nitrogen and oxygen atoms in total. The minimum Gasteiger partial charge on any atom is -0.312 e. The first-order chi connectivity index (χ1) is 12.6. The second kappa shape index (κ2) is 6.27. The van der Waals surface area contributed by atoms with Gasteiger partial charge in [-0.2, -0.15) is 0 Å². The van der Waals surface area contributed by atoms with E-state index in [0.717, 1.165) is 17.8 Å². The molecule has 1 unspecified atom stereocenters. The van der Waals surface area contributed by atoms with Crippen LogP contribution >= 0.6 is 0 Å². The highest BCUT2D eigenvalue weighted by molar-refractivity contribution is 6.19. The molecule has 1 aliphatic carbocycles. The highest BCUT2D eigenvalue weighted by Crippen LogP contribution is 2.51. The van der Waals surface area contributed by atoms with E-state index in [9.17, 15) is 9.59 Å². The molecule has 2 amide bonds. The van der Waals surface area contributed by atoms with Crippen LogP contribution in [0.2, 0.25) is 0 Å². The maximum atomic E-state index is 13.5. The molecule has 1 heterocycles. The zero-order valence-electron chi connectivity index (χ0n) is 15.3. The van der Waals surface area contributed by atoms with Crippen LogP contribution in [0.1, 0.15) is 32.3 Å². The Labute approximate surface area is 154 Å². The Morgan fingerprint density at radius 2 is 1.73 bits per heavy atom. The van der Waals surface area contributed by atoms with Gasteiger partial charge in [0.2, 0.25) is 11.8 Å². The zero-order chi connectivity index (χ0) is 18.3. The van der Waals surface area contributed by atoms with Crippen LogP contribution < -0.4 is 9.80 Å². The van der Waals surface area contributed by atoms with Gasteiger partial charge in [-0.3, -0.25) is 9.59 Å². The molecule has 0 N–H and O–H groups in total. The van der Waals surface area contributed by atoms with Gasteiger partial charge in [-0.05, 0) is 56.9 Å². The lowest BCUT2D eigenvalue weighted by Gasteiger charge is -2.31. The van der Waals surface area contributed by atoms with Gasteiger partial charge in [0.15, 0.2) is 0 Å². The maximum absolute atomic E-state index is 13.5. The molecule has 1 aliphatic heterocycles. The summed E-state index contributed by atoms with van der Waals surface area (Å²) in [6.07, 6.45) is 2.13. The zero-order valence-corrected chi connectivity index (χ0v) is 15.3. The predicted octanol–water partition coefficient (Wildman–Crippen LogP) is 3.80. The maximum Gasteiger partial charge on any atom is 0.242 e. The van der Waals surface area contributed by atoms with Gasteiger partial charge in [0.05, 0.1) is 0 Å². The average molecular weight is 348 g/mol. The largest absolute Gasteiger partial charge is 0.312 e. The molecule has 2 aliphatic rings. The lowest BCUT2D eigenvalue weighted by molar-refractivity contribution is -0.134. The number of nitrogens with zero attached hydrogens (tertiary/aromatic N) is 2. The Morgan fingerprint density at radius 1 is 1.08 bits per heavy atom. The van der Waals surface area contributed by atoms with Crippen molar-refractivity contribution in [1.82, 2.24) is 0 Å². The normalized spacial score (nSPS) is 19.8. The number of hydrogen-bond donors (Lipinski definition) is 0. The Balaban J connectivity index is 1.65. The van der Waals surface area contributed by atoms with Gasteiger partial charge in [-0.1, -0.05) is 36.4 Å². The molecule has 2 aromatic rings. The van der Waals surface area contributed by atoms with E-state index in [-0.39, 0.29) is 17.9 Å². The lowest BCUT2D eigenvalue weighted by Crippen LogP contribution is -2.49. The summed E-state index contributed by atoms with van der Waals surface area (Å²) in [5.41, 5.74) is 2.12. The second-order valence-electron chi connectivity index (χ2n) is 7.32. The summed E-state index contributed by atoms with van der Waals surface area (Å²) >= 11 is 0. The van der Waals surface area contributed by atoms with Crippen molar-refractivity contribution in [3.63, 3.8) is 0 Å². The molecule has 1 fully saturated rings. The fraction of sp³-hybridized carbons (Fsp3) is 0.364. The quantitative estimate of drug-likeness (QED) is 0.789. The summed E-state index contributed by atoms with van der Waals surface area (Å²) in [6, 6.07) is 17.8. The SMILES string of the molecule is CCN(C(=O)C1(C(=O)N2c3ccccc3CC2C)CC1)c1ccccc1. The van der Waals surface area contributed by atoms with Crippen molar-refractivity contribution in [3.05, 3.63) is 60.2 Å². The number of para-hydroxylation sites is 2. The molecule has 0 aromatic heterocycles. The predicted molar refractivity (Wildman–Crippen MR) is 103 cm³/mol. The first-order valence-electron chi connectivity index (χ1n) is 9.37. The third-order valence-electron chi connectivity index (χ3n) is 5.62. The number of fused-ring (bicyclic) bond motifs is 1. The Hall–Kier alpha value is -2.62. The Bertz CT molecular complexity index is 842. The van der Waals surface area contributed by atoms with E-state index < -0.39 is 5.41 Å². The molecule has 4 heteroatoms. The fourth-order valence-electron chi connectivity index (χ4n) is 4.06. The first-order valence-corrected chi connectivity index (χ1v) is 9.37. The number of rotatable bonds is 4. The van der Waals surface area contributed by atoms with Crippen LogP contribution in [0, 0.1) is 5.41 Å². The van der Waals surface area contributed by atoms with Crippen molar-refractivity contribution in [2.75, 3.05) is 16.3 Å². The average Bonchev–Trinajstić information content (AvgIpc) is 3.40. The molecular formula is C22H24N2O2. The van der Waals surface area contributed by atoms with Crippen molar-refractivity contribution in [2.24, 2.45) is 5.41 Å². The molecule has 2 aromatic carbocycles. The summed E-state index contributed by atoms with van der Waals surface area (Å²) in [7, 11) is 0. The third-order valence-corrected chi connectivity index (χ3v) is 5.62. The molecular weight excluding hydrogens is 324 g/mol. The van der Waals surface area contributed by atoms with E-state index in [4.69, 9.17) is 0 Å². The van der Waals surface area contributed by atoms with Crippen molar-refractivity contribution < 1.29 is 9.59 Å². The number of anilines is 2. The topological polar surface area (TPSA) is 40.6 Å². The van der Waals surface area contributed by atoms with Crippen LogP contribution in [0.25, 0.3) is 0 Å². The molecule has 1 saturated carbocycles. The molecule has 0 spiro atoms. The number of carbonyl (C=O) groups excluding carboxylic acids is 2. The van der Waals surface area contributed by atoms with Crippen LogP contribution in [-0.2, 0) is 16.0 Å². The summed E-state index contributed by atoms with van der Waals surface area (Å²) in [5, 5.41) is 0. The van der Waals surface area contributed by atoms with Gasteiger partial charge < -0.3 is 9.80 Å². The van der Waals surface area contributed by atoms with Crippen LogP contribution in [-0.4, -0.2) is 24.4 Å². The standard InChI is InChI=1S/C22H24N2O2/c1-3-23(18-10-5-4-6-11-18)20(25)22(13-14-22)21(26)24-16(2)15-17-9-7-8-12-19(17)24/h4-12,16H,3,13-15H2,1-2H3. The van der Waals surface area contributed by atoms with Gasteiger partial charge in [0.1, 0.15) is 5.41 Å². The smallest absolute Gasteiger partial charge is 0.242 e. The van der Waals surface area contributed by atoms with Gasteiger partial charge in [0, 0.05) is 24.0 Å². The van der Waals surface area contributed by atoms with Gasteiger partial charge in [-0.25, -0.2) is 0 Å². The Kier molecular flexibility index (Phi) is 4.06. The summed E-state index contributed by atoms with van der Waals surface area (Å²) < 4.78 is 0. The van der Waals surface area contributed by atoms with E-state index >= 15 is 0 Å². The van der Waals surface area contributed by atoms with E-state index in [2.05, 4.69) is 13.0 Å². The van der Waals surface area contributed by atoms with Gasteiger partial charge >= 0.3 is 0 Å². The van der Waals surface area contributed by atoms with Crippen LogP contribution in [0.3, 0.4) is 0 Å². The van der Waals surface area contributed by atoms with Crippen LogP contribution in [0.5, 0.6) is 0 Å². The number of carbonyl (C=O) groups is 2. The monoisotopic (exact) mass is 348 g/mol. The third kappa shape index (κ3) is 2.52. The molecule has 0 saturated heterocycles. The lowest BCUT2D eigenvalue weighted by atomic mass is 10.0. The number of benzene rings is 2. The van der Waals surface area contributed by atoms with Gasteiger partial charge in [0.25, 0.3) is 0 Å². The van der Waals surface area contributed by atoms with E-state index in [0.29, 0.717) is 19.4 Å². The van der Waals surface area contributed by atoms with Crippen molar-refractivity contribution in [3.8, 4) is 0 Å². The minimum absolute atomic E-state index is 0.0330. The molecule has 0 bridgehead atoms.